The highest BCUT2D eigenvalue weighted by Gasteiger charge is 2.34. The van der Waals surface area contributed by atoms with Gasteiger partial charge in [0.1, 0.15) is 11.1 Å². The van der Waals surface area contributed by atoms with Crippen molar-refractivity contribution in [2.45, 2.75) is 5.37 Å². The third kappa shape index (κ3) is 2.94. The zero-order chi connectivity index (χ0) is 14.8. The van der Waals surface area contributed by atoms with Gasteiger partial charge < -0.3 is 4.74 Å². The van der Waals surface area contributed by atoms with Crippen molar-refractivity contribution in [3.05, 3.63) is 58.6 Å². The largest absolute Gasteiger partial charge is 0.497 e. The molecule has 1 amide bonds. The maximum atomic E-state index is 12.3. The molecule has 0 aromatic heterocycles. The van der Waals surface area contributed by atoms with Crippen LogP contribution < -0.4 is 9.64 Å². The number of carbonyl (C=O) groups is 1. The van der Waals surface area contributed by atoms with Crippen LogP contribution in [0, 0.1) is 0 Å². The van der Waals surface area contributed by atoms with Crippen LogP contribution in [0.4, 0.5) is 5.69 Å². The predicted octanol–water partition coefficient (Wildman–Crippen LogP) is 4.24. The van der Waals surface area contributed by atoms with Crippen molar-refractivity contribution in [2.24, 2.45) is 0 Å². The highest BCUT2D eigenvalue weighted by molar-refractivity contribution is 9.10. The van der Waals surface area contributed by atoms with Crippen LogP contribution >= 0.6 is 27.7 Å². The molecule has 0 radical (unpaired) electrons. The quantitative estimate of drug-likeness (QED) is 0.816. The van der Waals surface area contributed by atoms with Crippen LogP contribution in [0.3, 0.4) is 0 Å². The number of carbonyl (C=O) groups excluding carboxylic acids is 1. The smallest absolute Gasteiger partial charge is 0.238 e. The van der Waals surface area contributed by atoms with Crippen molar-refractivity contribution in [3.63, 3.8) is 0 Å². The summed E-state index contributed by atoms with van der Waals surface area (Å²) in [6.07, 6.45) is 0. The molecule has 0 spiro atoms. The fourth-order valence-corrected chi connectivity index (χ4v) is 3.95. The summed E-state index contributed by atoms with van der Waals surface area (Å²) < 4.78 is 6.28. The number of thioether (sulfide) groups is 1. The zero-order valence-electron chi connectivity index (χ0n) is 11.5. The van der Waals surface area contributed by atoms with Gasteiger partial charge in [-0.15, -0.1) is 11.8 Å². The van der Waals surface area contributed by atoms with Gasteiger partial charge >= 0.3 is 0 Å². The second-order valence-electron chi connectivity index (χ2n) is 4.68. The second kappa shape index (κ2) is 6.12. The molecule has 21 heavy (non-hydrogen) atoms. The number of hydrogen-bond acceptors (Lipinski definition) is 3. The Balaban J connectivity index is 1.99. The van der Waals surface area contributed by atoms with Crippen LogP contribution in [0.2, 0.25) is 0 Å². The molecule has 0 N–H and O–H groups in total. The lowest BCUT2D eigenvalue weighted by Gasteiger charge is -2.24. The van der Waals surface area contributed by atoms with E-state index in [1.165, 1.54) is 0 Å². The van der Waals surface area contributed by atoms with Crippen molar-refractivity contribution in [1.82, 2.24) is 0 Å². The summed E-state index contributed by atoms with van der Waals surface area (Å²) in [7, 11) is 1.63. The van der Waals surface area contributed by atoms with Gasteiger partial charge in [0.25, 0.3) is 0 Å². The molecule has 0 aliphatic carbocycles. The molecule has 2 aromatic carbocycles. The molecular weight excluding hydrogens is 350 g/mol. The molecule has 2 aromatic rings. The highest BCUT2D eigenvalue weighted by atomic mass is 79.9. The van der Waals surface area contributed by atoms with Gasteiger partial charge in [0.05, 0.1) is 12.9 Å². The Morgan fingerprint density at radius 1 is 1.24 bits per heavy atom. The van der Waals surface area contributed by atoms with E-state index in [0.29, 0.717) is 5.75 Å². The number of methoxy groups -OCH3 is 1. The Kier molecular flexibility index (Phi) is 4.22. The summed E-state index contributed by atoms with van der Waals surface area (Å²) in [5, 5.41) is 0.00195. The van der Waals surface area contributed by atoms with E-state index >= 15 is 0 Å². The van der Waals surface area contributed by atoms with E-state index in [-0.39, 0.29) is 11.3 Å². The molecule has 3 rings (SSSR count). The van der Waals surface area contributed by atoms with Crippen molar-refractivity contribution >= 4 is 39.3 Å². The van der Waals surface area contributed by atoms with E-state index in [2.05, 4.69) is 22.0 Å². The van der Waals surface area contributed by atoms with Gasteiger partial charge in [0.2, 0.25) is 5.91 Å². The van der Waals surface area contributed by atoms with Crippen LogP contribution in [0.25, 0.3) is 0 Å². The summed E-state index contributed by atoms with van der Waals surface area (Å²) >= 11 is 5.13. The normalized spacial score (nSPS) is 18.1. The predicted molar refractivity (Wildman–Crippen MR) is 89.8 cm³/mol. The van der Waals surface area contributed by atoms with E-state index in [1.807, 2.05) is 47.4 Å². The minimum absolute atomic E-state index is 0.00195. The average molecular weight is 364 g/mol. The third-order valence-electron chi connectivity index (χ3n) is 3.33. The van der Waals surface area contributed by atoms with E-state index < -0.39 is 0 Å². The molecule has 1 aliphatic rings. The van der Waals surface area contributed by atoms with Gasteiger partial charge in [-0.3, -0.25) is 9.69 Å². The van der Waals surface area contributed by atoms with E-state index in [0.717, 1.165) is 21.5 Å². The van der Waals surface area contributed by atoms with Crippen molar-refractivity contribution in [1.29, 1.82) is 0 Å². The summed E-state index contributed by atoms with van der Waals surface area (Å²) in [6, 6.07) is 15.7. The first-order valence-electron chi connectivity index (χ1n) is 6.52. The monoisotopic (exact) mass is 363 g/mol. The maximum absolute atomic E-state index is 12.3. The minimum atomic E-state index is 0.00195. The fraction of sp³-hybridized carbons (Fsp3) is 0.188. The number of hydrogen-bond donors (Lipinski definition) is 0. The van der Waals surface area contributed by atoms with Gasteiger partial charge in [0, 0.05) is 16.2 Å². The molecule has 5 heteroatoms. The first-order chi connectivity index (χ1) is 10.2. The highest BCUT2D eigenvalue weighted by Crippen LogP contribution is 2.42. The number of nitrogens with zero attached hydrogens (tertiary/aromatic N) is 1. The lowest BCUT2D eigenvalue weighted by Crippen LogP contribution is -2.27. The van der Waals surface area contributed by atoms with Crippen LogP contribution in [-0.2, 0) is 4.79 Å². The number of halogens is 1. The average Bonchev–Trinajstić information content (AvgIpc) is 2.89. The van der Waals surface area contributed by atoms with Gasteiger partial charge in [-0.05, 0) is 29.8 Å². The maximum Gasteiger partial charge on any atom is 0.238 e. The molecular formula is C16H14BrNO2S. The second-order valence-corrected chi connectivity index (χ2v) is 6.67. The number of ether oxygens (including phenoxy) is 1. The molecule has 3 nitrogen and oxygen atoms in total. The summed E-state index contributed by atoms with van der Waals surface area (Å²) in [6.45, 7) is 0. The Bertz CT molecular complexity index is 677. The number of anilines is 1. The molecule has 108 valence electrons. The van der Waals surface area contributed by atoms with Gasteiger partial charge in [-0.2, -0.15) is 0 Å². The molecule has 1 aliphatic heterocycles. The van der Waals surface area contributed by atoms with Crippen LogP contribution in [-0.4, -0.2) is 18.8 Å². The summed E-state index contributed by atoms with van der Waals surface area (Å²) in [5.74, 6) is 1.37. The molecule has 0 saturated carbocycles. The number of rotatable bonds is 3. The Morgan fingerprint density at radius 3 is 2.81 bits per heavy atom. The Morgan fingerprint density at radius 2 is 2.05 bits per heavy atom. The van der Waals surface area contributed by atoms with Gasteiger partial charge in [0.15, 0.2) is 0 Å². The van der Waals surface area contributed by atoms with Gasteiger partial charge in [-0.1, -0.05) is 34.1 Å². The zero-order valence-corrected chi connectivity index (χ0v) is 13.9. The SMILES string of the molecule is COc1cccc(N2C(=O)CSC2c2cccc(Br)c2)c1. The van der Waals surface area contributed by atoms with Crippen molar-refractivity contribution in [2.75, 3.05) is 17.8 Å². The van der Waals surface area contributed by atoms with Crippen molar-refractivity contribution in [3.8, 4) is 5.75 Å². The first-order valence-corrected chi connectivity index (χ1v) is 8.36. The fourth-order valence-electron chi connectivity index (χ4n) is 2.37. The van der Waals surface area contributed by atoms with Crippen LogP contribution in [0.15, 0.2) is 53.0 Å². The molecule has 0 bridgehead atoms. The first kappa shape index (κ1) is 14.5. The van der Waals surface area contributed by atoms with Crippen LogP contribution in [0.5, 0.6) is 5.75 Å². The minimum Gasteiger partial charge on any atom is -0.497 e. The lowest BCUT2D eigenvalue weighted by molar-refractivity contribution is -0.115. The van der Waals surface area contributed by atoms with Gasteiger partial charge in [-0.25, -0.2) is 0 Å². The summed E-state index contributed by atoms with van der Waals surface area (Å²) in [4.78, 5) is 14.1. The molecule has 1 saturated heterocycles. The van der Waals surface area contributed by atoms with E-state index in [9.17, 15) is 4.79 Å². The number of benzene rings is 2. The standard InChI is InChI=1S/C16H14BrNO2S/c1-20-14-7-3-6-13(9-14)18-15(19)10-21-16(18)11-4-2-5-12(17)8-11/h2-9,16H,10H2,1H3. The Hall–Kier alpha value is -1.46. The summed E-state index contributed by atoms with van der Waals surface area (Å²) in [5.41, 5.74) is 1.98. The topological polar surface area (TPSA) is 29.5 Å². The van der Waals surface area contributed by atoms with E-state index in [4.69, 9.17) is 4.74 Å². The Labute approximate surface area is 136 Å². The lowest BCUT2D eigenvalue weighted by atomic mass is 10.2. The third-order valence-corrected chi connectivity index (χ3v) is 5.04. The van der Waals surface area contributed by atoms with Crippen LogP contribution in [0.1, 0.15) is 10.9 Å². The number of amides is 1. The molecule has 1 heterocycles. The molecule has 1 fully saturated rings. The van der Waals surface area contributed by atoms with Crippen molar-refractivity contribution < 1.29 is 9.53 Å². The molecule has 1 atom stereocenters. The van der Waals surface area contributed by atoms with E-state index in [1.54, 1.807) is 18.9 Å². The molecule has 1 unspecified atom stereocenters.